The van der Waals surface area contributed by atoms with Crippen molar-refractivity contribution < 1.29 is 14.2 Å². The Bertz CT molecular complexity index is 569. The summed E-state index contributed by atoms with van der Waals surface area (Å²) < 4.78 is 6.72. The van der Waals surface area contributed by atoms with E-state index < -0.39 is 0 Å². The molecule has 0 spiro atoms. The lowest BCUT2D eigenvalue weighted by Crippen LogP contribution is -2.46. The van der Waals surface area contributed by atoms with Crippen LogP contribution in [-0.4, -0.2) is 10.8 Å². The molecule has 1 aromatic heterocycles. The van der Waals surface area contributed by atoms with Crippen molar-refractivity contribution in [2.75, 3.05) is 5.84 Å². The molecular weight excluding hydrogens is 357 g/mol. The van der Waals surface area contributed by atoms with Crippen LogP contribution in [-0.2, 0) is 23.2 Å². The number of esters is 1. The van der Waals surface area contributed by atoms with Crippen LogP contribution in [0.5, 0.6) is 0 Å². The monoisotopic (exact) mass is 372 g/mol. The van der Waals surface area contributed by atoms with E-state index in [1.165, 1.54) is 4.79 Å². The summed E-state index contributed by atoms with van der Waals surface area (Å²) >= 11 is 2.08. The molecule has 0 saturated carbocycles. The summed E-state index contributed by atoms with van der Waals surface area (Å²) in [5, 5.41) is 0. The standard InChI is InChI=1S/C13H15IN3O2/c1-16-11(7-8-17(16)15)9-19-13(18)12(14)10-5-3-2-4-6-10/h2-8,12H,9,15H2,1H3/q+1. The Balaban J connectivity index is 1.97. The van der Waals surface area contributed by atoms with Gasteiger partial charge in [-0.2, -0.15) is 4.68 Å². The molecule has 0 bridgehead atoms. The maximum Gasteiger partial charge on any atom is 0.323 e. The molecule has 0 saturated heterocycles. The van der Waals surface area contributed by atoms with Crippen molar-refractivity contribution in [3.63, 3.8) is 0 Å². The minimum absolute atomic E-state index is 0.214. The van der Waals surface area contributed by atoms with Gasteiger partial charge in [-0.15, -0.1) is 0 Å². The number of hydrogen-bond donors (Lipinski definition) is 1. The lowest BCUT2D eigenvalue weighted by Gasteiger charge is -2.09. The molecule has 0 aliphatic rings. The predicted molar refractivity (Wildman–Crippen MR) is 78.8 cm³/mol. The van der Waals surface area contributed by atoms with Gasteiger partial charge in [0.2, 0.25) is 0 Å². The molecule has 1 atom stereocenters. The number of halogens is 1. The van der Waals surface area contributed by atoms with E-state index in [1.54, 1.807) is 10.9 Å². The average molecular weight is 372 g/mol. The molecule has 5 nitrogen and oxygen atoms in total. The largest absolute Gasteiger partial charge is 0.456 e. The second kappa shape index (κ2) is 6.05. The van der Waals surface area contributed by atoms with Gasteiger partial charge in [0.15, 0.2) is 12.3 Å². The third kappa shape index (κ3) is 3.25. The van der Waals surface area contributed by atoms with Crippen LogP contribution >= 0.6 is 22.6 Å². The minimum Gasteiger partial charge on any atom is -0.456 e. The van der Waals surface area contributed by atoms with E-state index in [0.29, 0.717) is 0 Å². The SMILES string of the molecule is C[n+]1c(COC(=O)C(I)c2ccccc2)ccn1N. The van der Waals surface area contributed by atoms with Gasteiger partial charge in [0.05, 0.1) is 6.20 Å². The van der Waals surface area contributed by atoms with Crippen LogP contribution in [0, 0.1) is 0 Å². The summed E-state index contributed by atoms with van der Waals surface area (Å²) in [6, 6.07) is 11.4. The molecule has 6 heteroatoms. The van der Waals surface area contributed by atoms with Crippen molar-refractivity contribution in [1.29, 1.82) is 0 Å². The molecule has 0 radical (unpaired) electrons. The first kappa shape index (κ1) is 13.9. The first-order valence-electron chi connectivity index (χ1n) is 5.77. The van der Waals surface area contributed by atoms with Gasteiger partial charge in [-0.05, 0) is 5.56 Å². The van der Waals surface area contributed by atoms with Crippen molar-refractivity contribution in [3.05, 3.63) is 53.9 Å². The Labute approximate surface area is 125 Å². The van der Waals surface area contributed by atoms with Crippen LogP contribution in [0.4, 0.5) is 0 Å². The number of ether oxygens (including phenoxy) is 1. The maximum absolute atomic E-state index is 12.0. The fraction of sp³-hybridized carbons (Fsp3) is 0.231. The van der Waals surface area contributed by atoms with E-state index in [-0.39, 0.29) is 16.5 Å². The molecule has 1 heterocycles. The molecule has 2 N–H and O–H groups in total. The Kier molecular flexibility index (Phi) is 4.41. The topological polar surface area (TPSA) is 61.1 Å². The highest BCUT2D eigenvalue weighted by Gasteiger charge is 2.19. The minimum atomic E-state index is -0.302. The van der Waals surface area contributed by atoms with Crippen molar-refractivity contribution in [1.82, 2.24) is 4.79 Å². The van der Waals surface area contributed by atoms with Crippen molar-refractivity contribution in [3.8, 4) is 0 Å². The number of carbonyl (C=O) groups excluding carboxylic acids is 1. The number of nitrogens with two attached hydrogens (primary N) is 1. The van der Waals surface area contributed by atoms with Crippen LogP contribution in [0.2, 0.25) is 0 Å². The lowest BCUT2D eigenvalue weighted by atomic mass is 10.1. The summed E-state index contributed by atoms with van der Waals surface area (Å²) in [5.41, 5.74) is 1.78. The zero-order valence-electron chi connectivity index (χ0n) is 10.5. The van der Waals surface area contributed by atoms with Gasteiger partial charge in [-0.1, -0.05) is 57.7 Å². The normalized spacial score (nSPS) is 12.1. The Morgan fingerprint density at radius 2 is 2.11 bits per heavy atom. The lowest BCUT2D eigenvalue weighted by molar-refractivity contribution is -0.755. The smallest absolute Gasteiger partial charge is 0.323 e. The molecular formula is C13H15IN3O2+. The first-order chi connectivity index (χ1) is 9.09. The molecule has 19 heavy (non-hydrogen) atoms. The van der Waals surface area contributed by atoms with Crippen LogP contribution in [0.15, 0.2) is 42.6 Å². The van der Waals surface area contributed by atoms with E-state index >= 15 is 0 Å². The second-order valence-electron chi connectivity index (χ2n) is 4.09. The Morgan fingerprint density at radius 3 is 2.68 bits per heavy atom. The first-order valence-corrected chi connectivity index (χ1v) is 7.01. The van der Waals surface area contributed by atoms with Crippen LogP contribution in [0.3, 0.4) is 0 Å². The number of nitrogens with zero attached hydrogens (tertiary/aromatic N) is 2. The molecule has 1 aromatic carbocycles. The third-order valence-corrected chi connectivity index (χ3v) is 4.07. The van der Waals surface area contributed by atoms with E-state index in [0.717, 1.165) is 11.3 Å². The van der Waals surface area contributed by atoms with Crippen LogP contribution in [0.25, 0.3) is 0 Å². The predicted octanol–water partition coefficient (Wildman–Crippen LogP) is 1.25. The highest BCUT2D eigenvalue weighted by Crippen LogP contribution is 2.24. The molecule has 0 amide bonds. The number of benzene rings is 1. The number of hydrogen-bond acceptors (Lipinski definition) is 3. The second-order valence-corrected chi connectivity index (χ2v) is 5.34. The third-order valence-electron chi connectivity index (χ3n) is 2.84. The fourth-order valence-electron chi connectivity index (χ4n) is 1.64. The maximum atomic E-state index is 12.0. The Hall–Kier alpha value is -1.57. The zero-order chi connectivity index (χ0) is 13.8. The van der Waals surface area contributed by atoms with Gasteiger partial charge < -0.3 is 4.74 Å². The van der Waals surface area contributed by atoms with Gasteiger partial charge in [0.25, 0.3) is 0 Å². The van der Waals surface area contributed by atoms with Gasteiger partial charge in [-0.3, -0.25) is 4.79 Å². The number of nitrogen functional groups attached to an aromatic ring is 1. The van der Waals surface area contributed by atoms with Crippen molar-refractivity contribution in [2.24, 2.45) is 7.05 Å². The molecule has 1 unspecified atom stereocenters. The van der Waals surface area contributed by atoms with Crippen molar-refractivity contribution in [2.45, 2.75) is 10.5 Å². The number of rotatable bonds is 4. The summed E-state index contributed by atoms with van der Waals surface area (Å²) in [5.74, 6) is 5.38. The number of alkyl halides is 1. The molecule has 100 valence electrons. The van der Waals surface area contributed by atoms with Crippen LogP contribution < -0.4 is 10.5 Å². The highest BCUT2D eigenvalue weighted by atomic mass is 127. The van der Waals surface area contributed by atoms with Gasteiger partial charge in [0, 0.05) is 6.07 Å². The van der Waals surface area contributed by atoms with Gasteiger partial charge in [0.1, 0.15) is 11.0 Å². The zero-order valence-corrected chi connectivity index (χ0v) is 12.6. The summed E-state index contributed by atoms with van der Waals surface area (Å²) in [7, 11) is 1.81. The Morgan fingerprint density at radius 1 is 1.42 bits per heavy atom. The number of carbonyl (C=O) groups is 1. The fourth-order valence-corrected chi connectivity index (χ4v) is 2.23. The van der Waals surface area contributed by atoms with Crippen LogP contribution in [0.1, 0.15) is 15.2 Å². The van der Waals surface area contributed by atoms with E-state index in [9.17, 15) is 4.79 Å². The van der Waals surface area contributed by atoms with Gasteiger partial charge >= 0.3 is 5.97 Å². The van der Waals surface area contributed by atoms with Gasteiger partial charge in [-0.25, -0.2) is 5.84 Å². The molecule has 0 fully saturated rings. The number of aromatic nitrogens is 2. The van der Waals surface area contributed by atoms with Crippen molar-refractivity contribution >= 4 is 28.6 Å². The molecule has 0 aliphatic carbocycles. The average Bonchev–Trinajstić information content (AvgIpc) is 2.76. The molecule has 0 aliphatic heterocycles. The van der Waals surface area contributed by atoms with E-state index in [2.05, 4.69) is 22.6 Å². The van der Waals surface area contributed by atoms with E-state index in [4.69, 9.17) is 10.6 Å². The summed E-state index contributed by atoms with van der Waals surface area (Å²) in [4.78, 5) is 13.4. The molecule has 2 aromatic rings. The van der Waals surface area contributed by atoms with E-state index in [1.807, 2.05) is 43.4 Å². The summed E-state index contributed by atoms with van der Waals surface area (Å²) in [6.07, 6.45) is 1.71. The summed E-state index contributed by atoms with van der Waals surface area (Å²) in [6.45, 7) is 0.214. The quantitative estimate of drug-likeness (QED) is 0.289. The highest BCUT2D eigenvalue weighted by molar-refractivity contribution is 14.1. The molecule has 2 rings (SSSR count).